The third-order valence-corrected chi connectivity index (χ3v) is 4.16. The van der Waals surface area contributed by atoms with Crippen LogP contribution in [0.1, 0.15) is 27.0 Å². The average molecular weight is 299 g/mol. The van der Waals surface area contributed by atoms with Gasteiger partial charge in [-0.3, -0.25) is 4.79 Å². The summed E-state index contributed by atoms with van der Waals surface area (Å²) in [6.07, 6.45) is 2.08. The smallest absolute Gasteiger partial charge is 0.258 e. The van der Waals surface area contributed by atoms with E-state index in [9.17, 15) is 4.79 Å². The van der Waals surface area contributed by atoms with Gasteiger partial charge in [0.2, 0.25) is 0 Å². The van der Waals surface area contributed by atoms with Gasteiger partial charge in [-0.25, -0.2) is 0 Å². The van der Waals surface area contributed by atoms with E-state index in [4.69, 9.17) is 0 Å². The summed E-state index contributed by atoms with van der Waals surface area (Å²) in [7, 11) is 1.83. The number of carbonyl (C=O) groups excluding carboxylic acids is 1. The summed E-state index contributed by atoms with van der Waals surface area (Å²) in [6.45, 7) is 4.07. The maximum atomic E-state index is 12.6. The van der Waals surface area contributed by atoms with Crippen LogP contribution in [0.15, 0.2) is 42.5 Å². The number of benzene rings is 2. The van der Waals surface area contributed by atoms with Crippen LogP contribution in [0.2, 0.25) is 0 Å². The number of anilines is 1. The lowest BCUT2D eigenvalue weighted by molar-refractivity contribution is 0.0993. The van der Waals surface area contributed by atoms with Crippen LogP contribution in [0.3, 0.4) is 0 Å². The molecule has 0 spiro atoms. The van der Waals surface area contributed by atoms with E-state index in [-0.39, 0.29) is 5.91 Å². The van der Waals surface area contributed by atoms with Crippen LogP contribution in [0.25, 0.3) is 0 Å². The van der Waals surface area contributed by atoms with Crippen LogP contribution in [-0.4, -0.2) is 19.2 Å². The number of nitrogens with zero attached hydrogens (tertiary/aromatic N) is 1. The van der Waals surface area contributed by atoms with Crippen molar-refractivity contribution in [2.75, 3.05) is 18.2 Å². The predicted molar refractivity (Wildman–Crippen MR) is 92.3 cm³/mol. The summed E-state index contributed by atoms with van der Waals surface area (Å²) in [5.41, 5.74) is 5.20. The van der Waals surface area contributed by atoms with Crippen LogP contribution in [0.4, 0.5) is 5.69 Å². The van der Waals surface area contributed by atoms with E-state index in [0.29, 0.717) is 0 Å². The lowest BCUT2D eigenvalue weighted by atomic mass is 10.1. The van der Waals surface area contributed by atoms with Crippen molar-refractivity contribution in [1.82, 2.24) is 0 Å². The zero-order valence-electron chi connectivity index (χ0n) is 13.0. The molecule has 2 rings (SSSR count). The molecular formula is C18H21NOS. The zero-order valence-corrected chi connectivity index (χ0v) is 13.8. The summed E-state index contributed by atoms with van der Waals surface area (Å²) in [6, 6.07) is 14.0. The van der Waals surface area contributed by atoms with Crippen molar-refractivity contribution >= 4 is 23.4 Å². The van der Waals surface area contributed by atoms with Gasteiger partial charge in [0.05, 0.1) is 0 Å². The highest BCUT2D eigenvalue weighted by molar-refractivity contribution is 7.97. The lowest BCUT2D eigenvalue weighted by Crippen LogP contribution is -2.27. The fourth-order valence-electron chi connectivity index (χ4n) is 2.29. The Morgan fingerprint density at radius 1 is 1.10 bits per heavy atom. The molecule has 2 nitrogen and oxygen atoms in total. The quantitative estimate of drug-likeness (QED) is 0.831. The summed E-state index contributed by atoms with van der Waals surface area (Å²) in [4.78, 5) is 14.3. The normalized spacial score (nSPS) is 10.5. The molecule has 0 saturated carbocycles. The number of hydrogen-bond acceptors (Lipinski definition) is 2. The van der Waals surface area contributed by atoms with Crippen LogP contribution in [0.5, 0.6) is 0 Å². The van der Waals surface area contributed by atoms with Gasteiger partial charge in [0.25, 0.3) is 5.91 Å². The van der Waals surface area contributed by atoms with E-state index in [1.54, 1.807) is 16.7 Å². The molecule has 0 aromatic heterocycles. The number of aryl methyl sites for hydroxylation is 2. The van der Waals surface area contributed by atoms with Crippen molar-refractivity contribution < 1.29 is 4.79 Å². The van der Waals surface area contributed by atoms with Gasteiger partial charge in [0, 0.05) is 24.1 Å². The average Bonchev–Trinajstić information content (AvgIpc) is 2.49. The van der Waals surface area contributed by atoms with Crippen LogP contribution in [-0.2, 0) is 5.75 Å². The van der Waals surface area contributed by atoms with Gasteiger partial charge in [0.15, 0.2) is 0 Å². The predicted octanol–water partition coefficient (Wildman–Crippen LogP) is 4.44. The molecule has 0 bridgehead atoms. The summed E-state index contributed by atoms with van der Waals surface area (Å²) < 4.78 is 0. The fraction of sp³-hybridized carbons (Fsp3) is 0.278. The molecule has 0 atom stereocenters. The number of thioether (sulfide) groups is 1. The molecule has 21 heavy (non-hydrogen) atoms. The monoisotopic (exact) mass is 299 g/mol. The lowest BCUT2D eigenvalue weighted by Gasteiger charge is -2.20. The number of amides is 1. The molecule has 110 valence electrons. The molecule has 2 aromatic carbocycles. The highest BCUT2D eigenvalue weighted by atomic mass is 32.2. The molecule has 0 radical (unpaired) electrons. The second-order valence-electron chi connectivity index (χ2n) is 5.28. The third kappa shape index (κ3) is 3.67. The van der Waals surface area contributed by atoms with Gasteiger partial charge in [-0.15, -0.1) is 0 Å². The Morgan fingerprint density at radius 3 is 2.38 bits per heavy atom. The number of hydrogen-bond donors (Lipinski definition) is 0. The van der Waals surface area contributed by atoms with Gasteiger partial charge in [-0.1, -0.05) is 24.3 Å². The molecule has 0 aliphatic rings. The number of rotatable bonds is 4. The van der Waals surface area contributed by atoms with E-state index in [2.05, 4.69) is 24.5 Å². The Bertz CT molecular complexity index is 634. The molecule has 0 saturated heterocycles. The summed E-state index contributed by atoms with van der Waals surface area (Å²) >= 11 is 1.78. The van der Waals surface area contributed by atoms with Gasteiger partial charge < -0.3 is 4.90 Å². The zero-order chi connectivity index (χ0) is 15.4. The highest BCUT2D eigenvalue weighted by Gasteiger charge is 2.15. The summed E-state index contributed by atoms with van der Waals surface area (Å²) in [5.74, 6) is 1.00. The van der Waals surface area contributed by atoms with E-state index in [1.165, 1.54) is 5.56 Å². The largest absolute Gasteiger partial charge is 0.311 e. The molecule has 3 heteroatoms. The molecule has 0 aliphatic heterocycles. The van der Waals surface area contributed by atoms with Gasteiger partial charge in [-0.05, 0) is 55.0 Å². The van der Waals surface area contributed by atoms with E-state index in [0.717, 1.165) is 28.1 Å². The van der Waals surface area contributed by atoms with Crippen LogP contribution in [0, 0.1) is 13.8 Å². The summed E-state index contributed by atoms with van der Waals surface area (Å²) in [5, 5.41) is 0. The third-order valence-electron chi connectivity index (χ3n) is 3.54. The first-order chi connectivity index (χ1) is 10.0. The molecule has 0 fully saturated rings. The van der Waals surface area contributed by atoms with Crippen LogP contribution >= 0.6 is 11.8 Å². The second kappa shape index (κ2) is 6.81. The molecule has 0 heterocycles. The van der Waals surface area contributed by atoms with E-state index >= 15 is 0 Å². The molecule has 0 aliphatic carbocycles. The van der Waals surface area contributed by atoms with Crippen molar-refractivity contribution in [1.29, 1.82) is 0 Å². The Labute approximate surface area is 131 Å². The van der Waals surface area contributed by atoms with Crippen molar-refractivity contribution in [3.8, 4) is 0 Å². The Kier molecular flexibility index (Phi) is 5.07. The Balaban J connectivity index is 2.24. The minimum absolute atomic E-state index is 0.0272. The molecule has 0 N–H and O–H groups in total. The van der Waals surface area contributed by atoms with Gasteiger partial charge in [-0.2, -0.15) is 11.8 Å². The Hall–Kier alpha value is -1.74. The first-order valence-electron chi connectivity index (χ1n) is 6.96. The molecule has 0 unspecified atom stereocenters. The fourth-order valence-corrected chi connectivity index (χ4v) is 2.82. The SMILES string of the molecule is CSCc1ccc(C(=O)N(C)c2cc(C)ccc2C)cc1. The van der Waals surface area contributed by atoms with Gasteiger partial charge >= 0.3 is 0 Å². The van der Waals surface area contributed by atoms with E-state index < -0.39 is 0 Å². The Morgan fingerprint density at radius 2 is 1.76 bits per heavy atom. The molecule has 2 aromatic rings. The van der Waals surface area contributed by atoms with Crippen molar-refractivity contribution in [3.63, 3.8) is 0 Å². The maximum Gasteiger partial charge on any atom is 0.258 e. The topological polar surface area (TPSA) is 20.3 Å². The number of carbonyl (C=O) groups is 1. The standard InChI is InChI=1S/C18H21NOS/c1-13-5-6-14(2)17(11-13)19(3)18(20)16-9-7-15(8-10-16)12-21-4/h5-11H,12H2,1-4H3. The van der Waals surface area contributed by atoms with Gasteiger partial charge in [0.1, 0.15) is 0 Å². The first kappa shape index (κ1) is 15.6. The van der Waals surface area contributed by atoms with E-state index in [1.807, 2.05) is 45.2 Å². The minimum Gasteiger partial charge on any atom is -0.311 e. The highest BCUT2D eigenvalue weighted by Crippen LogP contribution is 2.22. The molecular weight excluding hydrogens is 278 g/mol. The second-order valence-corrected chi connectivity index (χ2v) is 6.15. The maximum absolute atomic E-state index is 12.6. The van der Waals surface area contributed by atoms with Crippen LogP contribution < -0.4 is 4.90 Å². The minimum atomic E-state index is 0.0272. The van der Waals surface area contributed by atoms with Crippen molar-refractivity contribution in [3.05, 3.63) is 64.7 Å². The molecule has 1 amide bonds. The van der Waals surface area contributed by atoms with Crippen molar-refractivity contribution in [2.45, 2.75) is 19.6 Å². The van der Waals surface area contributed by atoms with Crippen molar-refractivity contribution in [2.24, 2.45) is 0 Å². The first-order valence-corrected chi connectivity index (χ1v) is 8.35.